The molecule has 7 nitrogen and oxygen atoms in total. The van der Waals surface area contributed by atoms with Crippen LogP contribution in [0.4, 0.5) is 24.5 Å². The number of pyridine rings is 3. The van der Waals surface area contributed by atoms with Crippen molar-refractivity contribution in [2.24, 2.45) is 7.05 Å². The highest BCUT2D eigenvalue weighted by Gasteiger charge is 2.33. The number of piperazine rings is 1. The van der Waals surface area contributed by atoms with Gasteiger partial charge in [-0.05, 0) is 44.2 Å². The minimum atomic E-state index is -4.44. The van der Waals surface area contributed by atoms with Crippen molar-refractivity contribution >= 4 is 33.3 Å². The zero-order valence-corrected chi connectivity index (χ0v) is 19.9. The number of fused-ring (bicyclic) bond motifs is 2. The number of anilines is 2. The summed E-state index contributed by atoms with van der Waals surface area (Å²) in [5.74, 6) is 0. The summed E-state index contributed by atoms with van der Waals surface area (Å²) in [5, 5.41) is 10.0. The molecule has 0 unspecified atom stereocenters. The summed E-state index contributed by atoms with van der Waals surface area (Å²) in [6.07, 6.45) is -2.91. The monoisotopic (exact) mass is 492 g/mol. The van der Waals surface area contributed by atoms with E-state index in [1.54, 1.807) is 25.2 Å². The van der Waals surface area contributed by atoms with Crippen molar-refractivity contribution in [1.82, 2.24) is 14.5 Å². The summed E-state index contributed by atoms with van der Waals surface area (Å²) in [5.41, 5.74) is 2.35. The standard InChI is InChI=1S/C26H23F3N6O/c1-15-14-35(23-11-24(36)33(3)22-7-5-18(12-30)32-25(22)23)16(2)13-34(15)21-8-9-31-20-10-17(26(27,28)29)4-6-19(20)21/h4-11,15-16H,13-14H2,1-3H3/t15-,16-/m0/s1. The van der Waals surface area contributed by atoms with Gasteiger partial charge in [-0.1, -0.05) is 6.07 Å². The first kappa shape index (κ1) is 23.6. The number of hydrogen-bond donors (Lipinski definition) is 0. The Morgan fingerprint density at radius 3 is 2.36 bits per heavy atom. The van der Waals surface area contributed by atoms with Gasteiger partial charge in [0.2, 0.25) is 0 Å². The Kier molecular flexibility index (Phi) is 5.58. The first-order valence-electron chi connectivity index (χ1n) is 11.5. The normalized spacial score (nSPS) is 18.6. The van der Waals surface area contributed by atoms with Crippen LogP contribution in [0.25, 0.3) is 21.9 Å². The van der Waals surface area contributed by atoms with E-state index in [-0.39, 0.29) is 28.9 Å². The summed E-state index contributed by atoms with van der Waals surface area (Å²) in [6.45, 7) is 5.18. The minimum absolute atomic E-state index is 0.0349. The highest BCUT2D eigenvalue weighted by atomic mass is 19.4. The Bertz CT molecular complexity index is 1590. The molecule has 0 N–H and O–H groups in total. The van der Waals surface area contributed by atoms with Gasteiger partial charge in [0.1, 0.15) is 17.3 Å². The van der Waals surface area contributed by atoms with E-state index in [1.807, 2.05) is 19.9 Å². The van der Waals surface area contributed by atoms with Gasteiger partial charge in [-0.15, -0.1) is 0 Å². The molecule has 0 amide bonds. The average molecular weight is 493 g/mol. The predicted octanol–water partition coefficient (Wildman–Crippen LogP) is 4.48. The van der Waals surface area contributed by atoms with Crippen LogP contribution in [-0.2, 0) is 13.2 Å². The topological polar surface area (TPSA) is 78.0 Å². The third kappa shape index (κ3) is 3.90. The van der Waals surface area contributed by atoms with Gasteiger partial charge in [0, 0.05) is 55.6 Å². The summed E-state index contributed by atoms with van der Waals surface area (Å²) >= 11 is 0. The molecule has 0 aliphatic carbocycles. The van der Waals surface area contributed by atoms with Gasteiger partial charge >= 0.3 is 6.18 Å². The second-order valence-corrected chi connectivity index (χ2v) is 9.17. The number of halogens is 3. The quantitative estimate of drug-likeness (QED) is 0.411. The number of aromatic nitrogens is 3. The van der Waals surface area contributed by atoms with Crippen molar-refractivity contribution in [2.45, 2.75) is 32.1 Å². The van der Waals surface area contributed by atoms with Crippen LogP contribution in [0.5, 0.6) is 0 Å². The molecular formula is C26H23F3N6O. The fourth-order valence-electron chi connectivity index (χ4n) is 4.95. The number of aryl methyl sites for hydroxylation is 1. The molecule has 36 heavy (non-hydrogen) atoms. The SMILES string of the molecule is C[C@H]1CN(c2cc(=O)n(C)c3ccc(C#N)nc23)[C@@H](C)CN1c1ccnc2cc(C(F)(F)F)ccc12. The van der Waals surface area contributed by atoms with E-state index in [4.69, 9.17) is 0 Å². The van der Waals surface area contributed by atoms with Gasteiger partial charge in [-0.3, -0.25) is 9.78 Å². The van der Waals surface area contributed by atoms with Crippen LogP contribution < -0.4 is 15.4 Å². The lowest BCUT2D eigenvalue weighted by Gasteiger charge is -2.46. The molecule has 4 heterocycles. The zero-order valence-electron chi connectivity index (χ0n) is 19.9. The first-order chi connectivity index (χ1) is 17.1. The first-order valence-corrected chi connectivity index (χ1v) is 11.5. The number of nitrogens with zero attached hydrogens (tertiary/aromatic N) is 6. The van der Waals surface area contributed by atoms with Crippen LogP contribution in [0, 0.1) is 11.3 Å². The molecule has 0 spiro atoms. The predicted molar refractivity (Wildman–Crippen MR) is 132 cm³/mol. The summed E-state index contributed by atoms with van der Waals surface area (Å²) in [4.78, 5) is 25.7. The number of benzene rings is 1. The lowest BCUT2D eigenvalue weighted by molar-refractivity contribution is -0.137. The van der Waals surface area contributed by atoms with Gasteiger partial charge in [0.15, 0.2) is 0 Å². The largest absolute Gasteiger partial charge is 0.416 e. The highest BCUT2D eigenvalue weighted by Crippen LogP contribution is 2.36. The lowest BCUT2D eigenvalue weighted by Crippen LogP contribution is -2.57. The Hall–Kier alpha value is -4.13. The molecule has 1 fully saturated rings. The van der Waals surface area contributed by atoms with Crippen molar-refractivity contribution in [3.05, 3.63) is 70.3 Å². The Labute approximate surface area is 205 Å². The van der Waals surface area contributed by atoms with Crippen LogP contribution in [0.15, 0.2) is 53.5 Å². The molecule has 1 aliphatic rings. The number of alkyl halides is 3. The molecule has 1 saturated heterocycles. The third-order valence-corrected chi connectivity index (χ3v) is 6.84. The summed E-state index contributed by atoms with van der Waals surface area (Å²) in [6, 6.07) is 12.3. The van der Waals surface area contributed by atoms with Crippen LogP contribution in [0.3, 0.4) is 0 Å². The van der Waals surface area contributed by atoms with Crippen molar-refractivity contribution in [2.75, 3.05) is 22.9 Å². The van der Waals surface area contributed by atoms with E-state index < -0.39 is 11.7 Å². The molecule has 0 radical (unpaired) electrons. The third-order valence-electron chi connectivity index (χ3n) is 6.84. The molecule has 0 saturated carbocycles. The molecule has 1 aliphatic heterocycles. The highest BCUT2D eigenvalue weighted by molar-refractivity contribution is 5.93. The van der Waals surface area contributed by atoms with Gasteiger partial charge in [-0.25, -0.2) is 4.98 Å². The van der Waals surface area contributed by atoms with Gasteiger partial charge in [-0.2, -0.15) is 18.4 Å². The van der Waals surface area contributed by atoms with E-state index in [0.717, 1.165) is 17.8 Å². The molecule has 2 atom stereocenters. The Balaban J connectivity index is 1.54. The smallest absolute Gasteiger partial charge is 0.364 e. The summed E-state index contributed by atoms with van der Waals surface area (Å²) in [7, 11) is 1.67. The molecule has 5 rings (SSSR count). The molecule has 1 aromatic carbocycles. The van der Waals surface area contributed by atoms with E-state index in [1.165, 1.54) is 16.8 Å². The van der Waals surface area contributed by atoms with Crippen LogP contribution in [-0.4, -0.2) is 39.7 Å². The maximum Gasteiger partial charge on any atom is 0.416 e. The maximum atomic E-state index is 13.2. The number of nitriles is 1. The maximum absolute atomic E-state index is 13.2. The van der Waals surface area contributed by atoms with Gasteiger partial charge in [0.25, 0.3) is 5.56 Å². The minimum Gasteiger partial charge on any atom is -0.364 e. The van der Waals surface area contributed by atoms with Crippen molar-refractivity contribution < 1.29 is 13.2 Å². The summed E-state index contributed by atoms with van der Waals surface area (Å²) < 4.78 is 41.1. The van der Waals surface area contributed by atoms with Crippen LogP contribution in [0.1, 0.15) is 25.1 Å². The van der Waals surface area contributed by atoms with E-state index in [9.17, 15) is 23.2 Å². The van der Waals surface area contributed by atoms with E-state index in [0.29, 0.717) is 35.2 Å². The molecule has 3 aromatic heterocycles. The fraction of sp³-hybridized carbons (Fsp3) is 0.308. The second-order valence-electron chi connectivity index (χ2n) is 9.17. The second kappa shape index (κ2) is 8.52. The molecule has 184 valence electrons. The van der Waals surface area contributed by atoms with Crippen molar-refractivity contribution in [3.8, 4) is 6.07 Å². The fourth-order valence-corrected chi connectivity index (χ4v) is 4.95. The van der Waals surface area contributed by atoms with Crippen molar-refractivity contribution in [1.29, 1.82) is 5.26 Å². The van der Waals surface area contributed by atoms with E-state index in [2.05, 4.69) is 25.8 Å². The van der Waals surface area contributed by atoms with Crippen LogP contribution >= 0.6 is 0 Å². The van der Waals surface area contributed by atoms with Crippen LogP contribution in [0.2, 0.25) is 0 Å². The number of rotatable bonds is 2. The molecule has 4 aromatic rings. The molecule has 10 heteroatoms. The zero-order chi connectivity index (χ0) is 25.8. The van der Waals surface area contributed by atoms with E-state index >= 15 is 0 Å². The molecule has 0 bridgehead atoms. The number of hydrogen-bond acceptors (Lipinski definition) is 6. The lowest BCUT2D eigenvalue weighted by atomic mass is 10.0. The van der Waals surface area contributed by atoms with Gasteiger partial charge in [0.05, 0.1) is 22.3 Å². The molecular weight excluding hydrogens is 469 g/mol. The Morgan fingerprint density at radius 2 is 1.69 bits per heavy atom. The average Bonchev–Trinajstić information content (AvgIpc) is 2.86. The van der Waals surface area contributed by atoms with Crippen molar-refractivity contribution in [3.63, 3.8) is 0 Å². The van der Waals surface area contributed by atoms with Gasteiger partial charge < -0.3 is 14.4 Å². The Morgan fingerprint density at radius 1 is 1.00 bits per heavy atom.